The molecule has 0 saturated heterocycles. The molecule has 1 aromatic heterocycles. The van der Waals surface area contributed by atoms with Crippen LogP contribution in [0.15, 0.2) is 11.5 Å². The molecule has 0 aliphatic carbocycles. The van der Waals surface area contributed by atoms with Crippen LogP contribution in [-0.4, -0.2) is 4.98 Å². The van der Waals surface area contributed by atoms with Crippen LogP contribution in [0.2, 0.25) is 0 Å². The Kier molecular flexibility index (Phi) is 5.75. The van der Waals surface area contributed by atoms with Crippen molar-refractivity contribution in [2.24, 2.45) is 0 Å². The van der Waals surface area contributed by atoms with Crippen molar-refractivity contribution in [3.8, 4) is 0 Å². The Morgan fingerprint density at radius 1 is 1.45 bits per heavy atom. The van der Waals surface area contributed by atoms with Gasteiger partial charge in [0, 0.05) is 5.38 Å². The molecule has 2 heteroatoms. The van der Waals surface area contributed by atoms with Gasteiger partial charge in [-0.2, -0.15) is 0 Å². The molecule has 11 heavy (non-hydrogen) atoms. The fraction of sp³-hybridized carbons (Fsp3) is 0.444. The van der Waals surface area contributed by atoms with Crippen LogP contribution in [0.4, 0.5) is 0 Å². The molecule has 0 saturated carbocycles. The van der Waals surface area contributed by atoms with Gasteiger partial charge in [0.2, 0.25) is 0 Å². The molecule has 0 spiro atoms. The Morgan fingerprint density at radius 2 is 2.09 bits per heavy atom. The second-order valence-corrected chi connectivity index (χ2v) is 2.85. The van der Waals surface area contributed by atoms with E-state index in [2.05, 4.69) is 10.4 Å². The van der Waals surface area contributed by atoms with Crippen molar-refractivity contribution >= 4 is 17.4 Å². The van der Waals surface area contributed by atoms with Gasteiger partial charge < -0.3 is 0 Å². The summed E-state index contributed by atoms with van der Waals surface area (Å²) in [6.45, 7) is 8.01. The summed E-state index contributed by atoms with van der Waals surface area (Å²) in [6, 6.07) is 0. The van der Waals surface area contributed by atoms with E-state index in [1.54, 1.807) is 11.3 Å². The maximum atomic E-state index is 4.23. The highest BCUT2D eigenvalue weighted by atomic mass is 32.1. The quantitative estimate of drug-likeness (QED) is 0.627. The predicted octanol–water partition coefficient (Wildman–Crippen LogP) is 3.51. The molecule has 62 valence electrons. The van der Waals surface area contributed by atoms with Crippen LogP contribution in [-0.2, 0) is 0 Å². The molecule has 0 aliphatic heterocycles. The molecule has 0 aliphatic rings. The second kappa shape index (κ2) is 6.10. The molecule has 1 rings (SSSR count). The second-order valence-electron chi connectivity index (χ2n) is 1.79. The van der Waals surface area contributed by atoms with E-state index >= 15 is 0 Å². The molecule has 0 fully saturated rings. The van der Waals surface area contributed by atoms with Crippen LogP contribution in [0.1, 0.15) is 31.5 Å². The van der Waals surface area contributed by atoms with Crippen molar-refractivity contribution < 1.29 is 0 Å². The number of nitrogens with zero attached hydrogens (tertiary/aromatic N) is 1. The van der Waals surface area contributed by atoms with Crippen LogP contribution >= 0.6 is 11.3 Å². The third-order valence-electron chi connectivity index (χ3n) is 0.974. The first-order chi connectivity index (χ1) is 5.33. The van der Waals surface area contributed by atoms with E-state index in [9.17, 15) is 0 Å². The molecule has 1 nitrogen and oxygen atoms in total. The van der Waals surface area contributed by atoms with Gasteiger partial charge in [-0.15, -0.1) is 11.3 Å². The summed E-state index contributed by atoms with van der Waals surface area (Å²) < 4.78 is 0. The van der Waals surface area contributed by atoms with Gasteiger partial charge in [0.15, 0.2) is 0 Å². The lowest BCUT2D eigenvalue weighted by atomic mass is 10.4. The van der Waals surface area contributed by atoms with Crippen molar-refractivity contribution in [1.82, 2.24) is 4.98 Å². The zero-order valence-corrected chi connectivity index (χ0v) is 8.40. The first-order valence-corrected chi connectivity index (χ1v) is 4.75. The summed E-state index contributed by atoms with van der Waals surface area (Å²) in [4.78, 5) is 4.23. The van der Waals surface area contributed by atoms with Crippen molar-refractivity contribution in [3.63, 3.8) is 0 Å². The number of rotatable bonds is 1. The minimum Gasteiger partial charge on any atom is -0.242 e. The molecule has 0 aromatic carbocycles. The lowest BCUT2D eigenvalue weighted by Crippen LogP contribution is -1.69. The van der Waals surface area contributed by atoms with E-state index in [1.165, 1.54) is 0 Å². The Balaban J connectivity index is 0.000000461. The van der Waals surface area contributed by atoms with Gasteiger partial charge >= 0.3 is 0 Å². The minimum absolute atomic E-state index is 1.07. The lowest BCUT2D eigenvalue weighted by Gasteiger charge is -1.76. The normalized spacial score (nSPS) is 9.45. The topological polar surface area (TPSA) is 12.9 Å². The molecular weight excluding hydrogens is 154 g/mol. The van der Waals surface area contributed by atoms with Crippen LogP contribution in [0, 0.1) is 6.92 Å². The summed E-state index contributed by atoms with van der Waals surface area (Å²) in [7, 11) is 0. The SMILES string of the molecule is C/C=C\c1csc(C)n1.CC. The summed E-state index contributed by atoms with van der Waals surface area (Å²) >= 11 is 1.68. The third kappa shape index (κ3) is 3.94. The van der Waals surface area contributed by atoms with Crippen molar-refractivity contribution in [2.75, 3.05) is 0 Å². The molecular formula is C9H15NS. The molecule has 1 aromatic rings. The van der Waals surface area contributed by atoms with Gasteiger partial charge in [-0.25, -0.2) is 4.98 Å². The summed E-state index contributed by atoms with van der Waals surface area (Å²) in [6.07, 6.45) is 4.00. The van der Waals surface area contributed by atoms with Crippen molar-refractivity contribution in [3.05, 3.63) is 22.2 Å². The summed E-state index contributed by atoms with van der Waals surface area (Å²) in [5.74, 6) is 0. The average Bonchev–Trinajstić information content (AvgIpc) is 2.41. The predicted molar refractivity (Wildman–Crippen MR) is 52.9 cm³/mol. The number of hydrogen-bond acceptors (Lipinski definition) is 2. The van der Waals surface area contributed by atoms with E-state index in [4.69, 9.17) is 0 Å². The number of aromatic nitrogens is 1. The van der Waals surface area contributed by atoms with Crippen LogP contribution < -0.4 is 0 Å². The van der Waals surface area contributed by atoms with E-state index in [0.29, 0.717) is 0 Å². The highest BCUT2D eigenvalue weighted by Gasteiger charge is 1.89. The largest absolute Gasteiger partial charge is 0.242 e. The van der Waals surface area contributed by atoms with E-state index in [1.807, 2.05) is 39.8 Å². The number of aryl methyl sites for hydroxylation is 1. The molecule has 0 radical (unpaired) electrons. The highest BCUT2D eigenvalue weighted by Crippen LogP contribution is 2.08. The van der Waals surface area contributed by atoms with E-state index in [0.717, 1.165) is 10.7 Å². The Bertz CT molecular complexity index is 213. The van der Waals surface area contributed by atoms with Gasteiger partial charge in [-0.1, -0.05) is 19.9 Å². The first kappa shape index (κ1) is 10.4. The lowest BCUT2D eigenvalue weighted by molar-refractivity contribution is 1.27. The van der Waals surface area contributed by atoms with E-state index in [-0.39, 0.29) is 0 Å². The monoisotopic (exact) mass is 169 g/mol. The van der Waals surface area contributed by atoms with Crippen molar-refractivity contribution in [2.45, 2.75) is 27.7 Å². The first-order valence-electron chi connectivity index (χ1n) is 3.88. The molecule has 0 amide bonds. The number of allylic oxidation sites excluding steroid dienone is 1. The maximum absolute atomic E-state index is 4.23. The smallest absolute Gasteiger partial charge is 0.0901 e. The Hall–Kier alpha value is -0.630. The van der Waals surface area contributed by atoms with Crippen LogP contribution in [0.25, 0.3) is 6.08 Å². The zero-order valence-electron chi connectivity index (χ0n) is 7.59. The van der Waals surface area contributed by atoms with Gasteiger partial charge in [0.1, 0.15) is 0 Å². The number of thiazole rings is 1. The Labute approximate surface area is 72.8 Å². The molecule has 0 N–H and O–H groups in total. The zero-order chi connectivity index (χ0) is 8.69. The Morgan fingerprint density at radius 3 is 2.45 bits per heavy atom. The summed E-state index contributed by atoms with van der Waals surface area (Å²) in [5.41, 5.74) is 1.07. The highest BCUT2D eigenvalue weighted by molar-refractivity contribution is 7.09. The number of hydrogen-bond donors (Lipinski definition) is 0. The van der Waals surface area contributed by atoms with Crippen molar-refractivity contribution in [1.29, 1.82) is 0 Å². The average molecular weight is 169 g/mol. The van der Waals surface area contributed by atoms with Gasteiger partial charge in [-0.3, -0.25) is 0 Å². The maximum Gasteiger partial charge on any atom is 0.0901 e. The molecule has 0 atom stereocenters. The third-order valence-corrected chi connectivity index (χ3v) is 1.77. The molecule has 1 heterocycles. The standard InChI is InChI=1S/C7H9NS.C2H6/c1-3-4-7-5-9-6(2)8-7;1-2/h3-5H,1-2H3;1-2H3/b4-3-;. The minimum atomic E-state index is 1.07. The van der Waals surface area contributed by atoms with Gasteiger partial charge in [0.25, 0.3) is 0 Å². The fourth-order valence-corrected chi connectivity index (χ4v) is 1.21. The fourth-order valence-electron chi connectivity index (χ4n) is 0.627. The summed E-state index contributed by atoms with van der Waals surface area (Å²) in [5, 5.41) is 3.18. The molecule has 0 unspecified atom stereocenters. The van der Waals surface area contributed by atoms with Gasteiger partial charge in [0.05, 0.1) is 10.7 Å². The van der Waals surface area contributed by atoms with E-state index < -0.39 is 0 Å². The van der Waals surface area contributed by atoms with Crippen LogP contribution in [0.5, 0.6) is 0 Å². The van der Waals surface area contributed by atoms with Gasteiger partial charge in [-0.05, 0) is 19.9 Å². The molecule has 0 bridgehead atoms. The van der Waals surface area contributed by atoms with Crippen LogP contribution in [0.3, 0.4) is 0 Å².